The molecule has 0 aliphatic heterocycles. The summed E-state index contributed by atoms with van der Waals surface area (Å²) in [6.45, 7) is 10.5. The van der Waals surface area contributed by atoms with E-state index in [4.69, 9.17) is 65.7 Å². The first-order valence-corrected chi connectivity index (χ1v) is 24.8. The summed E-state index contributed by atoms with van der Waals surface area (Å²) in [6, 6.07) is 24.9. The Hall–Kier alpha value is -5.66. The number of rotatable bonds is 16. The van der Waals surface area contributed by atoms with Gasteiger partial charge in [-0.3, -0.25) is 32.4 Å². The first kappa shape index (κ1) is 54.7. The second kappa shape index (κ2) is 25.1. The smallest absolute Gasteiger partial charge is 0.332 e. The van der Waals surface area contributed by atoms with Gasteiger partial charge in [-0.05, 0) is 126 Å². The van der Waals surface area contributed by atoms with Crippen molar-refractivity contribution in [3.05, 3.63) is 174 Å². The standard InChI is InChI=1S/C25H26Cl2N4O4.C18H20BrClN4O3.C7H7ClO/c1-4-12-34-13-11-30-23(32)21-22(29(3)25(30)33)28-24(35-19-9-10-20(27)16(2)14-19)31(21)15-17-5-7-18(26)8-6-17;1-3-9-27-10-8-23-16(25)14-15(22(2)18(23)26)21-17(19)24(14)11-12-4-6-13(20)7-5-12;1-5-4-6(9)2-3-7(5)8/h5-10,14H,4,11-13,15H2,1-3H3;4-7H,3,8-11H2,1-2H3;2-4,9H,1H3. The van der Waals surface area contributed by atoms with E-state index in [9.17, 15) is 19.2 Å². The average molecular weight is 1120 g/mol. The second-order valence-electron chi connectivity index (χ2n) is 16.3. The summed E-state index contributed by atoms with van der Waals surface area (Å²) >= 11 is 27.2. The van der Waals surface area contributed by atoms with Crippen molar-refractivity contribution in [1.82, 2.24) is 37.4 Å². The highest BCUT2D eigenvalue weighted by Crippen LogP contribution is 2.29. The number of ether oxygens (including phenoxy) is 3. The number of hydrogen-bond acceptors (Lipinski definition) is 10. The SMILES string of the molecule is CCCOCCn1c(=O)c2c(nc(Br)n2Cc2ccc(Cl)cc2)n(C)c1=O.CCCOCCn1c(=O)c2c(nc(Oc3ccc(Cl)c(C)c3)n2Cc2ccc(Cl)cc2)n(C)c1=O.Cc1cc(O)ccc1Cl. The quantitative estimate of drug-likeness (QED) is 0.0725. The lowest BCUT2D eigenvalue weighted by atomic mass is 10.2. The van der Waals surface area contributed by atoms with Crippen LogP contribution in [0.5, 0.6) is 17.5 Å². The van der Waals surface area contributed by atoms with E-state index in [-0.39, 0.29) is 54.7 Å². The van der Waals surface area contributed by atoms with Crippen LogP contribution < -0.4 is 27.2 Å². The maximum absolute atomic E-state index is 13.5. The van der Waals surface area contributed by atoms with Crippen LogP contribution in [0.1, 0.15) is 48.9 Å². The Morgan fingerprint density at radius 3 is 1.49 bits per heavy atom. The fraction of sp³-hybridized carbons (Fsp3) is 0.320. The summed E-state index contributed by atoms with van der Waals surface area (Å²) in [5, 5.41) is 11.4. The van der Waals surface area contributed by atoms with Gasteiger partial charge in [0.25, 0.3) is 11.1 Å². The third kappa shape index (κ3) is 13.5. The molecule has 0 saturated carbocycles. The van der Waals surface area contributed by atoms with E-state index in [1.54, 1.807) is 83.9 Å². The molecule has 376 valence electrons. The molecule has 0 atom stereocenters. The molecule has 71 heavy (non-hydrogen) atoms. The lowest BCUT2D eigenvalue weighted by Crippen LogP contribution is -2.40. The molecule has 0 aliphatic rings. The van der Waals surface area contributed by atoms with E-state index in [1.165, 1.54) is 18.3 Å². The lowest BCUT2D eigenvalue weighted by molar-refractivity contribution is 0.125. The van der Waals surface area contributed by atoms with Gasteiger partial charge < -0.3 is 23.9 Å². The summed E-state index contributed by atoms with van der Waals surface area (Å²) in [5.41, 5.74) is 3.10. The molecule has 8 aromatic rings. The molecule has 4 aromatic heterocycles. The summed E-state index contributed by atoms with van der Waals surface area (Å²) in [7, 11) is 3.20. The topological polar surface area (TPSA) is 172 Å². The number of aromatic hydroxyl groups is 1. The van der Waals surface area contributed by atoms with E-state index >= 15 is 0 Å². The predicted molar refractivity (Wildman–Crippen MR) is 284 cm³/mol. The van der Waals surface area contributed by atoms with Crippen LogP contribution in [0, 0.1) is 13.8 Å². The molecule has 21 heteroatoms. The van der Waals surface area contributed by atoms with Crippen molar-refractivity contribution in [2.75, 3.05) is 26.4 Å². The highest BCUT2D eigenvalue weighted by Gasteiger charge is 2.23. The zero-order valence-corrected chi connectivity index (χ0v) is 44.5. The van der Waals surface area contributed by atoms with Gasteiger partial charge in [0, 0.05) is 47.4 Å². The molecule has 0 fully saturated rings. The molecule has 4 aromatic carbocycles. The van der Waals surface area contributed by atoms with Gasteiger partial charge in [0.15, 0.2) is 27.1 Å². The number of halogens is 5. The van der Waals surface area contributed by atoms with Crippen LogP contribution in [-0.2, 0) is 49.7 Å². The molecule has 16 nitrogen and oxygen atoms in total. The molecule has 0 saturated heterocycles. The van der Waals surface area contributed by atoms with Crippen molar-refractivity contribution in [2.45, 2.75) is 66.7 Å². The largest absolute Gasteiger partial charge is 0.508 e. The van der Waals surface area contributed by atoms with Crippen molar-refractivity contribution in [2.24, 2.45) is 14.1 Å². The molecule has 0 bridgehead atoms. The number of hydrogen-bond donors (Lipinski definition) is 1. The summed E-state index contributed by atoms with van der Waals surface area (Å²) < 4.78 is 26.1. The van der Waals surface area contributed by atoms with Crippen molar-refractivity contribution in [1.29, 1.82) is 0 Å². The number of imidazole rings is 2. The van der Waals surface area contributed by atoms with Crippen molar-refractivity contribution in [3.63, 3.8) is 0 Å². The Bertz CT molecular complexity index is 3380. The predicted octanol–water partition coefficient (Wildman–Crippen LogP) is 9.92. The average Bonchev–Trinajstić information content (AvgIpc) is 3.87. The van der Waals surface area contributed by atoms with Gasteiger partial charge in [0.2, 0.25) is 0 Å². The Morgan fingerprint density at radius 2 is 1.03 bits per heavy atom. The number of nitrogens with zero attached hydrogens (tertiary/aromatic N) is 8. The van der Waals surface area contributed by atoms with Crippen molar-refractivity contribution >= 4 is 84.7 Å². The van der Waals surface area contributed by atoms with Gasteiger partial charge in [-0.2, -0.15) is 4.98 Å². The lowest BCUT2D eigenvalue weighted by Gasteiger charge is -2.12. The number of aromatic nitrogens is 8. The maximum Gasteiger partial charge on any atom is 0.332 e. The highest BCUT2D eigenvalue weighted by atomic mass is 79.9. The van der Waals surface area contributed by atoms with Crippen LogP contribution in [0.15, 0.2) is 109 Å². The fourth-order valence-electron chi connectivity index (χ4n) is 7.22. The third-order valence-electron chi connectivity index (χ3n) is 11.0. The first-order valence-electron chi connectivity index (χ1n) is 22.5. The van der Waals surface area contributed by atoms with E-state index in [0.717, 1.165) is 35.1 Å². The van der Waals surface area contributed by atoms with Crippen molar-refractivity contribution < 1.29 is 19.3 Å². The fourth-order valence-corrected chi connectivity index (χ4v) is 8.18. The Labute approximate surface area is 437 Å². The Balaban J connectivity index is 0.000000202. The molecule has 4 heterocycles. The van der Waals surface area contributed by atoms with Crippen LogP contribution in [0.4, 0.5) is 0 Å². The highest BCUT2D eigenvalue weighted by molar-refractivity contribution is 9.10. The summed E-state index contributed by atoms with van der Waals surface area (Å²) in [4.78, 5) is 61.0. The molecule has 1 N–H and O–H groups in total. The molecule has 0 amide bonds. The zero-order valence-electron chi connectivity index (χ0n) is 39.9. The molecule has 0 radical (unpaired) electrons. The van der Waals surface area contributed by atoms with E-state index in [2.05, 4.69) is 25.9 Å². The Morgan fingerprint density at radius 1 is 0.577 bits per heavy atom. The molecule has 0 unspecified atom stereocenters. The van der Waals surface area contributed by atoms with Crippen LogP contribution in [0.2, 0.25) is 20.1 Å². The zero-order chi connectivity index (χ0) is 51.5. The van der Waals surface area contributed by atoms with Gasteiger partial charge >= 0.3 is 17.4 Å². The minimum atomic E-state index is -0.465. The van der Waals surface area contributed by atoms with Crippen LogP contribution in [-0.4, -0.2) is 68.9 Å². The summed E-state index contributed by atoms with van der Waals surface area (Å²) in [6.07, 6.45) is 1.73. The monoisotopic (exact) mass is 1110 g/mol. The van der Waals surface area contributed by atoms with Gasteiger partial charge in [-0.1, -0.05) is 84.5 Å². The van der Waals surface area contributed by atoms with Gasteiger partial charge in [0.1, 0.15) is 11.5 Å². The van der Waals surface area contributed by atoms with E-state index in [1.807, 2.05) is 52.0 Å². The maximum atomic E-state index is 13.5. The van der Waals surface area contributed by atoms with Gasteiger partial charge in [-0.15, -0.1) is 0 Å². The van der Waals surface area contributed by atoms with Gasteiger partial charge in [0.05, 0.1) is 39.4 Å². The van der Waals surface area contributed by atoms with Crippen LogP contribution >= 0.6 is 62.3 Å². The number of benzene rings is 4. The normalized spacial score (nSPS) is 11.1. The van der Waals surface area contributed by atoms with Crippen molar-refractivity contribution in [3.8, 4) is 17.5 Å². The number of phenols is 1. The minimum absolute atomic E-state index is 0.139. The number of fused-ring (bicyclic) bond motifs is 2. The van der Waals surface area contributed by atoms with Crippen LogP contribution in [0.25, 0.3) is 22.3 Å². The summed E-state index contributed by atoms with van der Waals surface area (Å²) in [5.74, 6) is 0.773. The molecular formula is C50H53BrCl4N8O8. The third-order valence-corrected chi connectivity index (χ3v) is 12.9. The number of aryl methyl sites for hydroxylation is 4. The van der Waals surface area contributed by atoms with Gasteiger partial charge in [-0.25, -0.2) is 14.6 Å². The first-order chi connectivity index (χ1) is 33.9. The minimum Gasteiger partial charge on any atom is -0.508 e. The molecular weight excluding hydrogens is 1060 g/mol. The molecule has 8 rings (SSSR count). The van der Waals surface area contributed by atoms with E-state index in [0.29, 0.717) is 68.1 Å². The second-order valence-corrected chi connectivity index (χ2v) is 18.7. The van der Waals surface area contributed by atoms with E-state index < -0.39 is 16.9 Å². The molecule has 0 spiro atoms. The van der Waals surface area contributed by atoms with Crippen LogP contribution in [0.3, 0.4) is 0 Å². The Kier molecular flexibility index (Phi) is 19.4. The number of phenolic OH excluding ortho intramolecular Hbond substituents is 1. The molecule has 0 aliphatic carbocycles.